The molecular formula is C25H37BrCl2N2O2. The standard InChI is InChI=1S/C25H35BrN2O2.2ClH/c1-20(2)30-23-10-8-22(9-11-23)27(3)17-13-25(29)14-18-28(19-15-25)16-12-21-6-4-5-7-24(21)26;;/h4-11,20,29H,12-19H2,1-3H3;2*1H. The fourth-order valence-electron chi connectivity index (χ4n) is 3.98. The maximum Gasteiger partial charge on any atom is 0.119 e. The van der Waals surface area contributed by atoms with Crippen LogP contribution in [-0.2, 0) is 6.42 Å². The molecule has 2 aromatic rings. The summed E-state index contributed by atoms with van der Waals surface area (Å²) in [6.07, 6.45) is 3.71. The van der Waals surface area contributed by atoms with Gasteiger partial charge in [0.1, 0.15) is 5.75 Å². The van der Waals surface area contributed by atoms with E-state index in [2.05, 4.69) is 69.2 Å². The molecule has 0 aromatic heterocycles. The Balaban J connectivity index is 0.00000256. The maximum atomic E-state index is 11.1. The number of ether oxygens (including phenoxy) is 1. The van der Waals surface area contributed by atoms with Crippen LogP contribution in [0.25, 0.3) is 0 Å². The van der Waals surface area contributed by atoms with Crippen molar-refractivity contribution in [2.24, 2.45) is 0 Å². The number of piperidine rings is 1. The Morgan fingerprint density at radius 1 is 1.06 bits per heavy atom. The molecular weight excluding hydrogens is 511 g/mol. The highest BCUT2D eigenvalue weighted by molar-refractivity contribution is 9.10. The van der Waals surface area contributed by atoms with E-state index < -0.39 is 5.60 Å². The number of anilines is 1. The smallest absolute Gasteiger partial charge is 0.119 e. The molecule has 3 rings (SSSR count). The van der Waals surface area contributed by atoms with Crippen LogP contribution in [0.2, 0.25) is 0 Å². The number of aliphatic hydroxyl groups is 1. The van der Waals surface area contributed by atoms with Crippen LogP contribution in [-0.4, -0.2) is 54.9 Å². The van der Waals surface area contributed by atoms with Crippen molar-refractivity contribution in [2.45, 2.75) is 51.2 Å². The average Bonchev–Trinajstić information content (AvgIpc) is 2.73. The Kier molecular flexibility index (Phi) is 12.4. The van der Waals surface area contributed by atoms with Gasteiger partial charge in [0.2, 0.25) is 0 Å². The van der Waals surface area contributed by atoms with E-state index in [0.717, 1.165) is 63.3 Å². The predicted molar refractivity (Wildman–Crippen MR) is 143 cm³/mol. The molecule has 0 saturated carbocycles. The average molecular weight is 548 g/mol. The van der Waals surface area contributed by atoms with Gasteiger partial charge < -0.3 is 19.6 Å². The van der Waals surface area contributed by atoms with Crippen LogP contribution >= 0.6 is 40.7 Å². The van der Waals surface area contributed by atoms with Crippen molar-refractivity contribution in [1.82, 2.24) is 4.90 Å². The van der Waals surface area contributed by atoms with Gasteiger partial charge in [-0.2, -0.15) is 0 Å². The molecule has 0 atom stereocenters. The highest BCUT2D eigenvalue weighted by Crippen LogP contribution is 2.28. The number of rotatable bonds is 9. The quantitative estimate of drug-likeness (QED) is 0.419. The van der Waals surface area contributed by atoms with Gasteiger partial charge in [-0.3, -0.25) is 0 Å². The second kappa shape index (κ2) is 13.7. The van der Waals surface area contributed by atoms with Gasteiger partial charge in [0.05, 0.1) is 11.7 Å². The summed E-state index contributed by atoms with van der Waals surface area (Å²) in [5.74, 6) is 0.899. The van der Waals surface area contributed by atoms with Crippen molar-refractivity contribution >= 4 is 46.4 Å². The number of benzene rings is 2. The summed E-state index contributed by atoms with van der Waals surface area (Å²) in [4.78, 5) is 4.70. The van der Waals surface area contributed by atoms with Gasteiger partial charge in [-0.05, 0) is 75.4 Å². The van der Waals surface area contributed by atoms with Gasteiger partial charge in [0.25, 0.3) is 0 Å². The number of likely N-dealkylation sites (tertiary alicyclic amines) is 1. The van der Waals surface area contributed by atoms with Crippen LogP contribution in [0.5, 0.6) is 5.75 Å². The highest BCUT2D eigenvalue weighted by atomic mass is 79.9. The van der Waals surface area contributed by atoms with Crippen molar-refractivity contribution in [2.75, 3.05) is 38.1 Å². The summed E-state index contributed by atoms with van der Waals surface area (Å²) in [5, 5.41) is 11.1. The SMILES string of the molecule is CC(C)Oc1ccc(N(C)CCC2(O)CCN(CCc3ccccc3Br)CC2)cc1.Cl.Cl. The summed E-state index contributed by atoms with van der Waals surface area (Å²) in [6.45, 7) is 7.89. The molecule has 1 fully saturated rings. The molecule has 0 spiro atoms. The Morgan fingerprint density at radius 2 is 1.69 bits per heavy atom. The van der Waals surface area contributed by atoms with Gasteiger partial charge in [0.15, 0.2) is 0 Å². The van der Waals surface area contributed by atoms with Crippen LogP contribution in [0.1, 0.15) is 38.7 Å². The summed E-state index contributed by atoms with van der Waals surface area (Å²) >= 11 is 3.64. The number of nitrogens with zero attached hydrogens (tertiary/aromatic N) is 2. The zero-order valence-electron chi connectivity index (χ0n) is 19.3. The zero-order valence-corrected chi connectivity index (χ0v) is 22.5. The molecule has 7 heteroatoms. The van der Waals surface area contributed by atoms with Crippen LogP contribution < -0.4 is 9.64 Å². The number of hydrogen-bond acceptors (Lipinski definition) is 4. The molecule has 1 N–H and O–H groups in total. The van der Waals surface area contributed by atoms with E-state index in [9.17, 15) is 5.11 Å². The molecule has 0 bridgehead atoms. The van der Waals surface area contributed by atoms with Crippen LogP contribution in [0.3, 0.4) is 0 Å². The third kappa shape index (κ3) is 8.75. The first kappa shape index (κ1) is 29.1. The van der Waals surface area contributed by atoms with E-state index in [-0.39, 0.29) is 30.9 Å². The van der Waals surface area contributed by atoms with Gasteiger partial charge in [-0.15, -0.1) is 24.8 Å². The lowest BCUT2D eigenvalue weighted by Gasteiger charge is -2.39. The van der Waals surface area contributed by atoms with Gasteiger partial charge in [0, 0.05) is 43.4 Å². The molecule has 1 aliphatic heterocycles. The molecule has 1 aliphatic rings. The minimum Gasteiger partial charge on any atom is -0.491 e. The predicted octanol–water partition coefficient (Wildman–Crippen LogP) is 5.98. The summed E-state index contributed by atoms with van der Waals surface area (Å²) in [5.41, 5.74) is 1.95. The van der Waals surface area contributed by atoms with Crippen LogP contribution in [0.4, 0.5) is 5.69 Å². The third-order valence-corrected chi connectivity index (χ3v) is 6.78. The summed E-state index contributed by atoms with van der Waals surface area (Å²) in [6, 6.07) is 16.6. The summed E-state index contributed by atoms with van der Waals surface area (Å²) < 4.78 is 6.90. The Hall–Kier alpha value is -0.980. The van der Waals surface area contributed by atoms with Crippen molar-refractivity contribution in [1.29, 1.82) is 0 Å². The largest absolute Gasteiger partial charge is 0.491 e. The fraction of sp³-hybridized carbons (Fsp3) is 0.520. The van der Waals surface area contributed by atoms with Crippen LogP contribution in [0.15, 0.2) is 53.0 Å². The number of hydrogen-bond donors (Lipinski definition) is 1. The Bertz CT molecular complexity index is 797. The molecule has 0 amide bonds. The van der Waals surface area contributed by atoms with Crippen molar-refractivity contribution in [3.05, 3.63) is 58.6 Å². The third-order valence-electron chi connectivity index (χ3n) is 6.00. The molecule has 0 aliphatic carbocycles. The topological polar surface area (TPSA) is 35.9 Å². The highest BCUT2D eigenvalue weighted by Gasteiger charge is 2.32. The molecule has 2 aromatic carbocycles. The molecule has 4 nitrogen and oxygen atoms in total. The lowest BCUT2D eigenvalue weighted by atomic mass is 9.88. The zero-order chi connectivity index (χ0) is 21.6. The maximum absolute atomic E-state index is 11.1. The van der Waals surface area contributed by atoms with E-state index in [1.807, 2.05) is 26.0 Å². The molecule has 1 saturated heterocycles. The van der Waals surface area contributed by atoms with Crippen molar-refractivity contribution in [3.8, 4) is 5.75 Å². The van der Waals surface area contributed by atoms with E-state index in [1.165, 1.54) is 10.0 Å². The van der Waals surface area contributed by atoms with Gasteiger partial charge >= 0.3 is 0 Å². The molecule has 180 valence electrons. The number of halogens is 3. The fourth-order valence-corrected chi connectivity index (χ4v) is 4.46. The first-order chi connectivity index (χ1) is 14.3. The molecule has 0 radical (unpaired) electrons. The normalized spacial score (nSPS) is 15.6. The van der Waals surface area contributed by atoms with E-state index >= 15 is 0 Å². The van der Waals surface area contributed by atoms with Gasteiger partial charge in [-0.1, -0.05) is 34.1 Å². The second-order valence-corrected chi connectivity index (χ2v) is 9.59. The molecule has 32 heavy (non-hydrogen) atoms. The second-order valence-electron chi connectivity index (χ2n) is 8.74. The monoisotopic (exact) mass is 546 g/mol. The van der Waals surface area contributed by atoms with Gasteiger partial charge in [-0.25, -0.2) is 0 Å². The molecule has 1 heterocycles. The Morgan fingerprint density at radius 3 is 2.28 bits per heavy atom. The lowest BCUT2D eigenvalue weighted by Crippen LogP contribution is -2.46. The minimum absolute atomic E-state index is 0. The first-order valence-electron chi connectivity index (χ1n) is 11.0. The lowest BCUT2D eigenvalue weighted by molar-refractivity contribution is -0.0254. The van der Waals surface area contributed by atoms with Crippen molar-refractivity contribution < 1.29 is 9.84 Å². The van der Waals surface area contributed by atoms with E-state index in [4.69, 9.17) is 4.74 Å². The Labute approximate surface area is 214 Å². The minimum atomic E-state index is -0.557. The molecule has 0 unspecified atom stereocenters. The van der Waals surface area contributed by atoms with E-state index in [1.54, 1.807) is 0 Å². The van der Waals surface area contributed by atoms with Crippen molar-refractivity contribution in [3.63, 3.8) is 0 Å². The van der Waals surface area contributed by atoms with Crippen LogP contribution in [0, 0.1) is 0 Å². The summed E-state index contributed by atoms with van der Waals surface area (Å²) in [7, 11) is 2.09. The van der Waals surface area contributed by atoms with E-state index in [0.29, 0.717) is 0 Å². The first-order valence-corrected chi connectivity index (χ1v) is 11.8.